The molecule has 0 aromatic heterocycles. The van der Waals surface area contributed by atoms with E-state index in [1.54, 1.807) is 6.08 Å². The number of terminal acetylenes is 1. The summed E-state index contributed by atoms with van der Waals surface area (Å²) in [6.45, 7) is 3.85. The molecular weight excluding hydrogens is 372 g/mol. The molecule has 0 saturated carbocycles. The van der Waals surface area contributed by atoms with Gasteiger partial charge in [-0.1, -0.05) is 134 Å². The van der Waals surface area contributed by atoms with Crippen molar-refractivity contribution in [2.75, 3.05) is 0 Å². The summed E-state index contributed by atoms with van der Waals surface area (Å²) in [4.78, 5) is 0. The predicted octanol–water partition coefficient (Wildman–Crippen LogP) is 8.45. The second kappa shape index (κ2) is 15.1. The standard InChI is InChI=1S/C31H30/c1-3-5-6-7-8-9-10-11-12-13-17-21-30(18-4-2)31-26-24-29(25-27-31)23-22-28-19-15-14-16-20-28/h1,4-6,8-9,11-12,14-27H,2,7,10,13H2/b6-5-,9-8-,12-11+,21-17-,23-22+,30-18+. The largest absolute Gasteiger partial charge is 0.115 e. The van der Waals surface area contributed by atoms with Gasteiger partial charge in [0.25, 0.3) is 0 Å². The molecule has 0 radical (unpaired) electrons. The van der Waals surface area contributed by atoms with Crippen LogP contribution in [-0.2, 0) is 0 Å². The Hall–Kier alpha value is -3.82. The average Bonchev–Trinajstić information content (AvgIpc) is 2.81. The first-order chi connectivity index (χ1) is 15.3. The van der Waals surface area contributed by atoms with Crippen LogP contribution in [0.2, 0.25) is 0 Å². The predicted molar refractivity (Wildman–Crippen MR) is 139 cm³/mol. The molecule has 0 aliphatic rings. The van der Waals surface area contributed by atoms with Crippen molar-refractivity contribution in [3.8, 4) is 12.3 Å². The molecule has 0 bridgehead atoms. The van der Waals surface area contributed by atoms with Crippen molar-refractivity contribution in [3.05, 3.63) is 139 Å². The minimum absolute atomic E-state index is 0.883. The zero-order valence-corrected chi connectivity index (χ0v) is 18.0. The Morgan fingerprint density at radius 3 is 1.94 bits per heavy atom. The highest BCUT2D eigenvalue weighted by atomic mass is 14.0. The highest BCUT2D eigenvalue weighted by Crippen LogP contribution is 2.18. The van der Waals surface area contributed by atoms with Crippen molar-refractivity contribution in [1.29, 1.82) is 0 Å². The van der Waals surface area contributed by atoms with Crippen LogP contribution in [0.5, 0.6) is 0 Å². The maximum Gasteiger partial charge on any atom is -0.0158 e. The summed E-state index contributed by atoms with van der Waals surface area (Å²) < 4.78 is 0. The lowest BCUT2D eigenvalue weighted by atomic mass is 10.0. The third-order valence-corrected chi connectivity index (χ3v) is 4.47. The summed E-state index contributed by atoms with van der Waals surface area (Å²) >= 11 is 0. The van der Waals surface area contributed by atoms with Crippen molar-refractivity contribution in [2.45, 2.75) is 19.3 Å². The van der Waals surface area contributed by atoms with Gasteiger partial charge in [0.05, 0.1) is 0 Å². The first-order valence-corrected chi connectivity index (χ1v) is 10.6. The van der Waals surface area contributed by atoms with Crippen LogP contribution in [0.4, 0.5) is 0 Å². The van der Waals surface area contributed by atoms with E-state index in [4.69, 9.17) is 6.42 Å². The zero-order valence-electron chi connectivity index (χ0n) is 18.0. The second-order valence-corrected chi connectivity index (χ2v) is 6.85. The average molecular weight is 403 g/mol. The fourth-order valence-electron chi connectivity index (χ4n) is 2.87. The lowest BCUT2D eigenvalue weighted by Crippen LogP contribution is -1.82. The monoisotopic (exact) mass is 402 g/mol. The molecule has 31 heavy (non-hydrogen) atoms. The molecule has 0 N–H and O–H groups in total. The molecule has 0 heterocycles. The lowest BCUT2D eigenvalue weighted by molar-refractivity contribution is 1.28. The molecule has 0 fully saturated rings. The van der Waals surface area contributed by atoms with Crippen LogP contribution in [0, 0.1) is 12.3 Å². The normalized spacial score (nSPS) is 12.5. The summed E-state index contributed by atoms with van der Waals surface area (Å²) in [5.41, 5.74) is 4.72. The van der Waals surface area contributed by atoms with Gasteiger partial charge in [-0.3, -0.25) is 0 Å². The quantitative estimate of drug-likeness (QED) is 0.153. The minimum Gasteiger partial charge on any atom is -0.115 e. The zero-order chi connectivity index (χ0) is 22.0. The molecule has 0 spiro atoms. The Kier molecular flexibility index (Phi) is 11.4. The van der Waals surface area contributed by atoms with E-state index in [0.29, 0.717) is 0 Å². The molecule has 0 aliphatic heterocycles. The Labute approximate surface area is 188 Å². The number of hydrogen-bond donors (Lipinski definition) is 0. The number of hydrogen-bond acceptors (Lipinski definition) is 0. The number of benzene rings is 2. The van der Waals surface area contributed by atoms with Crippen LogP contribution in [-0.4, -0.2) is 0 Å². The topological polar surface area (TPSA) is 0 Å². The summed E-state index contributed by atoms with van der Waals surface area (Å²) in [6.07, 6.45) is 32.7. The molecule has 0 aliphatic carbocycles. The molecule has 2 aromatic rings. The van der Waals surface area contributed by atoms with Gasteiger partial charge in [-0.15, -0.1) is 6.42 Å². The maximum atomic E-state index is 5.16. The van der Waals surface area contributed by atoms with Gasteiger partial charge in [-0.2, -0.15) is 0 Å². The van der Waals surface area contributed by atoms with Crippen molar-refractivity contribution < 1.29 is 0 Å². The van der Waals surface area contributed by atoms with Crippen molar-refractivity contribution in [2.24, 2.45) is 0 Å². The molecule has 0 heteroatoms. The Bertz CT molecular complexity index is 998. The molecule has 154 valence electrons. The van der Waals surface area contributed by atoms with E-state index in [-0.39, 0.29) is 0 Å². The highest BCUT2D eigenvalue weighted by Gasteiger charge is 1.97. The molecule has 2 aromatic carbocycles. The van der Waals surface area contributed by atoms with Crippen LogP contribution in [0.15, 0.2) is 122 Å². The molecule has 2 rings (SSSR count). The van der Waals surface area contributed by atoms with Gasteiger partial charge in [0.1, 0.15) is 0 Å². The second-order valence-electron chi connectivity index (χ2n) is 6.85. The van der Waals surface area contributed by atoms with E-state index in [2.05, 4.69) is 97.5 Å². The van der Waals surface area contributed by atoms with E-state index in [9.17, 15) is 0 Å². The van der Waals surface area contributed by atoms with Crippen molar-refractivity contribution in [1.82, 2.24) is 0 Å². The molecule has 0 unspecified atom stereocenters. The van der Waals surface area contributed by atoms with E-state index >= 15 is 0 Å². The first-order valence-electron chi connectivity index (χ1n) is 10.6. The van der Waals surface area contributed by atoms with Crippen LogP contribution in [0.1, 0.15) is 36.0 Å². The van der Waals surface area contributed by atoms with E-state index in [0.717, 1.165) is 24.8 Å². The van der Waals surface area contributed by atoms with Crippen LogP contribution in [0.3, 0.4) is 0 Å². The van der Waals surface area contributed by atoms with Gasteiger partial charge in [0, 0.05) is 0 Å². The third kappa shape index (κ3) is 9.97. The van der Waals surface area contributed by atoms with E-state index in [1.807, 2.05) is 36.4 Å². The Morgan fingerprint density at radius 2 is 1.32 bits per heavy atom. The van der Waals surface area contributed by atoms with Gasteiger partial charge in [-0.05, 0) is 47.6 Å². The molecule has 0 amide bonds. The first kappa shape index (κ1) is 23.5. The Morgan fingerprint density at radius 1 is 0.742 bits per heavy atom. The van der Waals surface area contributed by atoms with Gasteiger partial charge in [-0.25, -0.2) is 0 Å². The van der Waals surface area contributed by atoms with Crippen molar-refractivity contribution in [3.63, 3.8) is 0 Å². The van der Waals surface area contributed by atoms with Gasteiger partial charge < -0.3 is 0 Å². The molecule has 0 atom stereocenters. The fourth-order valence-corrected chi connectivity index (χ4v) is 2.87. The van der Waals surface area contributed by atoms with Crippen LogP contribution >= 0.6 is 0 Å². The summed E-state index contributed by atoms with van der Waals surface area (Å²) in [6, 6.07) is 18.9. The highest BCUT2D eigenvalue weighted by molar-refractivity contribution is 5.77. The van der Waals surface area contributed by atoms with Crippen LogP contribution in [0.25, 0.3) is 17.7 Å². The minimum atomic E-state index is 0.883. The summed E-state index contributed by atoms with van der Waals surface area (Å²) in [5.74, 6) is 2.49. The van der Waals surface area contributed by atoms with Gasteiger partial charge >= 0.3 is 0 Å². The molecule has 0 nitrogen and oxygen atoms in total. The van der Waals surface area contributed by atoms with Crippen LogP contribution < -0.4 is 0 Å². The van der Waals surface area contributed by atoms with Crippen molar-refractivity contribution >= 4 is 17.7 Å². The summed E-state index contributed by atoms with van der Waals surface area (Å²) in [7, 11) is 0. The third-order valence-electron chi connectivity index (χ3n) is 4.47. The number of allylic oxidation sites excluding steroid dienone is 11. The summed E-state index contributed by atoms with van der Waals surface area (Å²) in [5, 5.41) is 0. The van der Waals surface area contributed by atoms with Gasteiger partial charge in [0.2, 0.25) is 0 Å². The lowest BCUT2D eigenvalue weighted by Gasteiger charge is -2.03. The van der Waals surface area contributed by atoms with E-state index in [1.165, 1.54) is 16.7 Å². The molecule has 0 saturated heterocycles. The SMILES string of the molecule is C#C/C=C\C/C=C\C/C=C/C/C=C\C(=C/C=C)c1ccc(/C=C/c2ccccc2)cc1. The maximum absolute atomic E-state index is 5.16. The smallest absolute Gasteiger partial charge is 0.0158 e. The van der Waals surface area contributed by atoms with Gasteiger partial charge in [0.15, 0.2) is 0 Å². The van der Waals surface area contributed by atoms with E-state index < -0.39 is 0 Å². The molecular formula is C31H30. The number of rotatable bonds is 11. The Balaban J connectivity index is 1.87. The fraction of sp³-hybridized carbons (Fsp3) is 0.0968.